The van der Waals surface area contributed by atoms with E-state index in [1.165, 1.54) is 5.32 Å². The average molecular weight is 329 g/mol. The predicted octanol–water partition coefficient (Wildman–Crippen LogP) is 2.90. The Bertz CT molecular complexity index is 567. The molecule has 0 unspecified atom stereocenters. The van der Waals surface area contributed by atoms with E-state index >= 15 is 0 Å². The quantitative estimate of drug-likeness (QED) is 0.835. The smallest absolute Gasteiger partial charge is 0.471 e. The molecule has 22 heavy (non-hydrogen) atoms. The first kappa shape index (κ1) is 17.8. The van der Waals surface area contributed by atoms with Gasteiger partial charge in [-0.1, -0.05) is 12.1 Å². The van der Waals surface area contributed by atoms with Crippen molar-refractivity contribution >= 4 is 11.9 Å². The Morgan fingerprint density at radius 1 is 1.14 bits per heavy atom. The van der Waals surface area contributed by atoms with Gasteiger partial charge in [0.1, 0.15) is 0 Å². The van der Waals surface area contributed by atoms with E-state index in [0.717, 1.165) is 12.1 Å². The summed E-state index contributed by atoms with van der Waals surface area (Å²) in [6.45, 7) is 0. The number of carbonyl (C=O) groups is 2. The van der Waals surface area contributed by atoms with Gasteiger partial charge in [0.05, 0.1) is 18.0 Å². The summed E-state index contributed by atoms with van der Waals surface area (Å²) in [6, 6.07) is 1.33. The Balaban J connectivity index is 3.12. The van der Waals surface area contributed by atoms with Crippen LogP contribution in [-0.2, 0) is 15.8 Å². The maximum atomic E-state index is 12.6. The Labute approximate surface area is 119 Å². The molecule has 10 heteroatoms. The molecule has 2 N–H and O–H groups in total. The van der Waals surface area contributed by atoms with E-state index < -0.39 is 47.8 Å². The zero-order valence-electron chi connectivity index (χ0n) is 10.6. The van der Waals surface area contributed by atoms with Crippen molar-refractivity contribution in [2.24, 2.45) is 0 Å². The van der Waals surface area contributed by atoms with Gasteiger partial charge < -0.3 is 10.4 Å². The van der Waals surface area contributed by atoms with Crippen molar-refractivity contribution in [3.05, 3.63) is 35.4 Å². The van der Waals surface area contributed by atoms with Gasteiger partial charge in [0.15, 0.2) is 0 Å². The second-order valence-electron chi connectivity index (χ2n) is 4.24. The van der Waals surface area contributed by atoms with Crippen LogP contribution in [0.2, 0.25) is 0 Å². The lowest BCUT2D eigenvalue weighted by Crippen LogP contribution is -2.39. The number of carboxylic acids is 1. The lowest BCUT2D eigenvalue weighted by Gasteiger charge is -2.19. The fraction of sp³-hybridized carbons (Fsp3) is 0.333. The molecule has 0 aromatic heterocycles. The van der Waals surface area contributed by atoms with E-state index in [4.69, 9.17) is 5.11 Å². The minimum absolute atomic E-state index is 0.394. The van der Waals surface area contributed by atoms with Gasteiger partial charge in [-0.15, -0.1) is 0 Å². The number of carbonyl (C=O) groups excluding carboxylic acids is 1. The first-order chi connectivity index (χ1) is 9.91. The first-order valence-electron chi connectivity index (χ1n) is 5.68. The molecule has 0 radical (unpaired) electrons. The van der Waals surface area contributed by atoms with E-state index in [-0.39, 0.29) is 0 Å². The van der Waals surface area contributed by atoms with Crippen LogP contribution in [0.4, 0.5) is 26.3 Å². The Morgan fingerprint density at radius 2 is 1.73 bits per heavy atom. The Kier molecular flexibility index (Phi) is 5.05. The van der Waals surface area contributed by atoms with Crippen molar-refractivity contribution in [3.8, 4) is 0 Å². The van der Waals surface area contributed by atoms with Crippen molar-refractivity contribution in [1.29, 1.82) is 0 Å². The molecule has 0 aliphatic rings. The van der Waals surface area contributed by atoms with Crippen LogP contribution in [0.5, 0.6) is 0 Å². The summed E-state index contributed by atoms with van der Waals surface area (Å²) in [5.41, 5.74) is -1.56. The third-order valence-corrected chi connectivity index (χ3v) is 2.56. The normalized spacial score (nSPS) is 13.5. The minimum atomic E-state index is -5.28. The van der Waals surface area contributed by atoms with Gasteiger partial charge in [-0.25, -0.2) is 0 Å². The predicted molar refractivity (Wildman–Crippen MR) is 60.6 cm³/mol. The topological polar surface area (TPSA) is 66.4 Å². The fourth-order valence-corrected chi connectivity index (χ4v) is 1.60. The number of hydrogen-bond donors (Lipinski definition) is 2. The summed E-state index contributed by atoms with van der Waals surface area (Å²) >= 11 is 0. The Hall–Kier alpha value is -2.26. The molecule has 122 valence electrons. The van der Waals surface area contributed by atoms with E-state index in [9.17, 15) is 35.9 Å². The minimum Gasteiger partial charge on any atom is -0.481 e. The monoisotopic (exact) mass is 329 g/mol. The third-order valence-electron chi connectivity index (χ3n) is 2.56. The molecule has 0 bridgehead atoms. The van der Waals surface area contributed by atoms with Gasteiger partial charge in [0, 0.05) is 0 Å². The molecular formula is C12H9F6NO3. The molecule has 1 atom stereocenters. The summed E-state index contributed by atoms with van der Waals surface area (Å²) in [6.07, 6.45) is -11.0. The van der Waals surface area contributed by atoms with E-state index in [1.807, 2.05) is 0 Å². The van der Waals surface area contributed by atoms with Crippen LogP contribution < -0.4 is 5.32 Å². The highest BCUT2D eigenvalue weighted by Crippen LogP contribution is 2.31. The number of alkyl halides is 6. The van der Waals surface area contributed by atoms with E-state index in [0.29, 0.717) is 12.1 Å². The molecule has 1 amide bonds. The van der Waals surface area contributed by atoms with E-state index in [1.54, 1.807) is 0 Å². The number of benzene rings is 1. The number of aliphatic carboxylic acids is 1. The molecule has 0 aliphatic carbocycles. The van der Waals surface area contributed by atoms with Gasteiger partial charge in [-0.05, 0) is 17.7 Å². The molecule has 1 aromatic rings. The van der Waals surface area contributed by atoms with Crippen molar-refractivity contribution in [2.75, 3.05) is 0 Å². The van der Waals surface area contributed by atoms with Crippen LogP contribution in [0.15, 0.2) is 24.3 Å². The summed E-state index contributed by atoms with van der Waals surface area (Å²) in [7, 11) is 0. The van der Waals surface area contributed by atoms with Crippen LogP contribution in [-0.4, -0.2) is 23.2 Å². The van der Waals surface area contributed by atoms with Crippen LogP contribution in [0.1, 0.15) is 23.6 Å². The van der Waals surface area contributed by atoms with Crippen LogP contribution in [0, 0.1) is 0 Å². The molecule has 1 aromatic carbocycles. The Morgan fingerprint density at radius 3 is 2.18 bits per heavy atom. The summed E-state index contributed by atoms with van der Waals surface area (Å²) in [4.78, 5) is 21.5. The molecular weight excluding hydrogens is 320 g/mol. The summed E-state index contributed by atoms with van der Waals surface area (Å²) < 4.78 is 74.3. The highest BCUT2D eigenvalue weighted by molar-refractivity contribution is 5.82. The largest absolute Gasteiger partial charge is 0.481 e. The van der Waals surface area contributed by atoms with E-state index in [2.05, 4.69) is 0 Å². The summed E-state index contributed by atoms with van der Waals surface area (Å²) in [5, 5.41) is 10.0. The molecule has 4 nitrogen and oxygen atoms in total. The molecule has 0 spiro atoms. The first-order valence-corrected chi connectivity index (χ1v) is 5.68. The van der Waals surface area contributed by atoms with Crippen LogP contribution in [0.3, 0.4) is 0 Å². The second kappa shape index (κ2) is 6.24. The number of hydrogen-bond acceptors (Lipinski definition) is 2. The van der Waals surface area contributed by atoms with Gasteiger partial charge in [-0.2, -0.15) is 26.3 Å². The standard InChI is InChI=1S/C12H9F6NO3/c13-11(14,15)7-3-1-2-6(4-7)8(5-9(20)21)19-10(22)12(16,17)18/h1-4,8H,5H2,(H,19,22)(H,20,21)/t8-/m0/s1. The molecule has 0 saturated heterocycles. The van der Waals surface area contributed by atoms with Crippen LogP contribution >= 0.6 is 0 Å². The molecule has 0 heterocycles. The number of amides is 1. The lowest BCUT2D eigenvalue weighted by molar-refractivity contribution is -0.174. The molecule has 1 rings (SSSR count). The maximum Gasteiger partial charge on any atom is 0.471 e. The second-order valence-corrected chi connectivity index (χ2v) is 4.24. The molecule has 0 fully saturated rings. The van der Waals surface area contributed by atoms with Gasteiger partial charge >= 0.3 is 24.2 Å². The lowest BCUT2D eigenvalue weighted by atomic mass is 10.0. The number of nitrogens with one attached hydrogen (secondary N) is 1. The van der Waals surface area contributed by atoms with Crippen LogP contribution in [0.25, 0.3) is 0 Å². The zero-order chi connectivity index (χ0) is 17.1. The summed E-state index contributed by atoms with van der Waals surface area (Å²) in [5.74, 6) is -4.01. The van der Waals surface area contributed by atoms with Gasteiger partial charge in [-0.3, -0.25) is 9.59 Å². The third kappa shape index (κ3) is 4.93. The maximum absolute atomic E-state index is 12.6. The average Bonchev–Trinajstić information content (AvgIpc) is 2.35. The highest BCUT2D eigenvalue weighted by Gasteiger charge is 2.40. The van der Waals surface area contributed by atoms with Crippen molar-refractivity contribution in [2.45, 2.75) is 24.8 Å². The SMILES string of the molecule is O=C(O)C[C@H](NC(=O)C(F)(F)F)c1cccc(C(F)(F)F)c1. The highest BCUT2D eigenvalue weighted by atomic mass is 19.4. The van der Waals surface area contributed by atoms with Crippen molar-refractivity contribution in [1.82, 2.24) is 5.32 Å². The molecule has 0 saturated carbocycles. The zero-order valence-corrected chi connectivity index (χ0v) is 10.6. The molecule has 0 aliphatic heterocycles. The number of carboxylic acid groups (broad SMARTS) is 1. The van der Waals surface area contributed by atoms with Gasteiger partial charge in [0.25, 0.3) is 0 Å². The number of halogens is 6. The van der Waals surface area contributed by atoms with Gasteiger partial charge in [0.2, 0.25) is 0 Å². The number of rotatable bonds is 4. The fourth-order valence-electron chi connectivity index (χ4n) is 1.60. The van der Waals surface area contributed by atoms with Crippen molar-refractivity contribution in [3.63, 3.8) is 0 Å². The van der Waals surface area contributed by atoms with Crippen molar-refractivity contribution < 1.29 is 41.0 Å².